The fraction of sp³-hybridized carbons (Fsp3) is 0.857. The van der Waals surface area contributed by atoms with Gasteiger partial charge in [0.15, 0.2) is 0 Å². The first-order chi connectivity index (χ1) is 4.46. The third-order valence-electron chi connectivity index (χ3n) is 1.33. The Bertz CT molecular complexity index is 126. The second-order valence-electron chi connectivity index (χ2n) is 2.88. The summed E-state index contributed by atoms with van der Waals surface area (Å²) in [4.78, 5) is 2.10. The third-order valence-corrected chi connectivity index (χ3v) is 1.78. The van der Waals surface area contributed by atoms with E-state index in [0.717, 1.165) is 0 Å². The van der Waals surface area contributed by atoms with Crippen molar-refractivity contribution in [3.8, 4) is 0 Å². The van der Waals surface area contributed by atoms with Gasteiger partial charge < -0.3 is 7.75 Å². The summed E-state index contributed by atoms with van der Waals surface area (Å²) >= 11 is 9.09. The molecule has 0 radical (unpaired) electrons. The maximum absolute atomic E-state index is 4.96. The SMILES string of the molecule is CC(C)N(C(=S)S)C(C)C.[Ca+2].[H-].[H-]. The zero-order valence-corrected chi connectivity index (χ0v) is 11.6. The fourth-order valence-corrected chi connectivity index (χ4v) is 1.92. The first-order valence-electron chi connectivity index (χ1n) is 3.48. The zero-order chi connectivity index (χ0) is 8.31. The molecular weight excluding hydrogens is 202 g/mol. The predicted octanol–water partition coefficient (Wildman–Crippen LogP) is 2.16. The molecular formula is C7H17CaNS2. The van der Waals surface area contributed by atoms with Crippen LogP contribution in [0.1, 0.15) is 30.5 Å². The monoisotopic (exact) mass is 219 g/mol. The van der Waals surface area contributed by atoms with Gasteiger partial charge in [-0.25, -0.2) is 0 Å². The van der Waals surface area contributed by atoms with E-state index in [1.54, 1.807) is 0 Å². The van der Waals surface area contributed by atoms with E-state index in [4.69, 9.17) is 12.2 Å². The van der Waals surface area contributed by atoms with Gasteiger partial charge in [-0.2, -0.15) is 0 Å². The average Bonchev–Trinajstić information content (AvgIpc) is 1.59. The summed E-state index contributed by atoms with van der Waals surface area (Å²) in [6.45, 7) is 8.45. The molecule has 0 fully saturated rings. The molecule has 4 heteroatoms. The summed E-state index contributed by atoms with van der Waals surface area (Å²) < 4.78 is 0.685. The van der Waals surface area contributed by atoms with Crippen molar-refractivity contribution in [3.63, 3.8) is 0 Å². The van der Waals surface area contributed by atoms with Crippen molar-refractivity contribution in [2.45, 2.75) is 39.8 Å². The van der Waals surface area contributed by atoms with Crippen molar-refractivity contribution in [2.75, 3.05) is 0 Å². The molecule has 0 amide bonds. The molecule has 0 saturated heterocycles. The number of thiol groups is 1. The van der Waals surface area contributed by atoms with Crippen molar-refractivity contribution in [3.05, 3.63) is 0 Å². The van der Waals surface area contributed by atoms with Crippen molar-refractivity contribution in [2.24, 2.45) is 0 Å². The standard InChI is InChI=1S/C7H15NS2.Ca.2H/c1-5(2)8(6(3)4)7(9)10;;;/h5-6H,1-4H3,(H,9,10);;;/q;+2;2*-1. The third kappa shape index (κ3) is 5.69. The summed E-state index contributed by atoms with van der Waals surface area (Å²) in [6, 6.07) is 0.898. The molecule has 0 atom stereocenters. The molecule has 0 heterocycles. The van der Waals surface area contributed by atoms with Crippen molar-refractivity contribution in [1.82, 2.24) is 4.90 Å². The number of hydrogen-bond donors (Lipinski definition) is 1. The van der Waals surface area contributed by atoms with E-state index in [-0.39, 0.29) is 40.6 Å². The Labute approximate surface area is 113 Å². The molecule has 0 aromatic carbocycles. The smallest absolute Gasteiger partial charge is 1.00 e. The van der Waals surface area contributed by atoms with Gasteiger partial charge in [0.25, 0.3) is 0 Å². The van der Waals surface area contributed by atoms with Crippen LogP contribution in [0.25, 0.3) is 0 Å². The van der Waals surface area contributed by atoms with Crippen LogP contribution in [0.2, 0.25) is 0 Å². The molecule has 0 spiro atoms. The van der Waals surface area contributed by atoms with Gasteiger partial charge in [-0.3, -0.25) is 0 Å². The van der Waals surface area contributed by atoms with E-state index >= 15 is 0 Å². The van der Waals surface area contributed by atoms with Crippen LogP contribution in [0.5, 0.6) is 0 Å². The van der Waals surface area contributed by atoms with Crippen molar-refractivity contribution in [1.29, 1.82) is 0 Å². The molecule has 1 nitrogen and oxygen atoms in total. The van der Waals surface area contributed by atoms with E-state index in [1.165, 1.54) is 0 Å². The van der Waals surface area contributed by atoms with E-state index in [2.05, 4.69) is 45.2 Å². The minimum absolute atomic E-state index is 0. The largest absolute Gasteiger partial charge is 2.00 e. The summed E-state index contributed by atoms with van der Waals surface area (Å²) in [6.07, 6.45) is 0. The first kappa shape index (κ1) is 15.0. The van der Waals surface area contributed by atoms with E-state index in [1.807, 2.05) is 0 Å². The molecule has 0 aromatic heterocycles. The first-order valence-corrected chi connectivity index (χ1v) is 4.33. The minimum atomic E-state index is 0. The molecule has 0 aromatic rings. The normalized spacial score (nSPS) is 9.73. The molecule has 0 unspecified atom stereocenters. The molecule has 64 valence electrons. The van der Waals surface area contributed by atoms with Gasteiger partial charge >= 0.3 is 37.7 Å². The van der Waals surface area contributed by atoms with Crippen molar-refractivity contribution >= 4 is 66.9 Å². The summed E-state index contributed by atoms with van der Waals surface area (Å²) in [5.74, 6) is 0. The quantitative estimate of drug-likeness (QED) is 0.431. The van der Waals surface area contributed by atoms with Gasteiger partial charge in [-0.1, -0.05) is 12.2 Å². The van der Waals surface area contributed by atoms with Gasteiger partial charge in [0.1, 0.15) is 4.32 Å². The molecule has 0 aliphatic rings. The Hall–Kier alpha value is 1.50. The number of thiocarbonyl (C=S) groups is 1. The zero-order valence-electron chi connectivity index (χ0n) is 9.66. The molecule has 0 rings (SSSR count). The molecule has 0 bridgehead atoms. The van der Waals surface area contributed by atoms with Crippen LogP contribution in [0.3, 0.4) is 0 Å². The number of rotatable bonds is 2. The van der Waals surface area contributed by atoms with Gasteiger partial charge in [0.2, 0.25) is 0 Å². The fourth-order valence-electron chi connectivity index (χ4n) is 1.04. The van der Waals surface area contributed by atoms with Gasteiger partial charge in [0, 0.05) is 12.1 Å². The van der Waals surface area contributed by atoms with Crippen molar-refractivity contribution < 1.29 is 2.85 Å². The Balaban J connectivity index is -0.000000135. The Kier molecular flexibility index (Phi) is 9.48. The topological polar surface area (TPSA) is 3.24 Å². The number of nitrogens with zero attached hydrogens (tertiary/aromatic N) is 1. The number of hydrogen-bond acceptors (Lipinski definition) is 1. The second-order valence-corrected chi connectivity index (χ2v) is 3.99. The summed E-state index contributed by atoms with van der Waals surface area (Å²) in [5, 5.41) is 0. The maximum Gasteiger partial charge on any atom is 2.00 e. The molecule has 0 saturated carbocycles. The predicted molar refractivity (Wildman–Crippen MR) is 61.7 cm³/mol. The Morgan fingerprint density at radius 3 is 1.55 bits per heavy atom. The molecule has 0 N–H and O–H groups in total. The van der Waals surface area contributed by atoms with Crippen LogP contribution in [-0.4, -0.2) is 59.0 Å². The van der Waals surface area contributed by atoms with Gasteiger partial charge in [0.05, 0.1) is 0 Å². The van der Waals surface area contributed by atoms with Crippen LogP contribution < -0.4 is 0 Å². The average molecular weight is 219 g/mol. The van der Waals surface area contributed by atoms with Crippen LogP contribution >= 0.6 is 24.8 Å². The second kappa shape index (κ2) is 6.96. The van der Waals surface area contributed by atoms with Crippen LogP contribution in [0.15, 0.2) is 0 Å². The van der Waals surface area contributed by atoms with Crippen LogP contribution in [-0.2, 0) is 0 Å². The summed E-state index contributed by atoms with van der Waals surface area (Å²) in [5.41, 5.74) is 0. The molecule has 11 heavy (non-hydrogen) atoms. The molecule has 0 aliphatic heterocycles. The van der Waals surface area contributed by atoms with Gasteiger partial charge in [-0.05, 0) is 27.7 Å². The van der Waals surface area contributed by atoms with Gasteiger partial charge in [-0.15, -0.1) is 12.6 Å². The van der Waals surface area contributed by atoms with E-state index in [0.29, 0.717) is 16.4 Å². The Morgan fingerprint density at radius 1 is 1.27 bits per heavy atom. The van der Waals surface area contributed by atoms with Crippen LogP contribution in [0.4, 0.5) is 0 Å². The summed E-state index contributed by atoms with van der Waals surface area (Å²) in [7, 11) is 0. The Morgan fingerprint density at radius 2 is 1.55 bits per heavy atom. The minimum Gasteiger partial charge on any atom is -1.00 e. The van der Waals surface area contributed by atoms with E-state index in [9.17, 15) is 0 Å². The maximum atomic E-state index is 4.96. The van der Waals surface area contributed by atoms with Crippen LogP contribution in [0, 0.1) is 0 Å². The molecule has 0 aliphatic carbocycles. The van der Waals surface area contributed by atoms with E-state index < -0.39 is 0 Å².